The molecular weight excluding hydrogens is 508 g/mol. The number of fused-ring (bicyclic) bond motifs is 5. The number of ketones is 1. The molecule has 3 amide bonds. The Morgan fingerprint density at radius 3 is 2.30 bits per heavy atom. The first kappa shape index (κ1) is 25.7. The van der Waals surface area contributed by atoms with Crippen LogP contribution in [-0.4, -0.2) is 36.1 Å². The van der Waals surface area contributed by atoms with Gasteiger partial charge < -0.3 is 10.1 Å². The summed E-state index contributed by atoms with van der Waals surface area (Å²) in [4.78, 5) is 64.5. The highest BCUT2D eigenvalue weighted by Crippen LogP contribution is 2.61. The number of amides is 3. The van der Waals surface area contributed by atoms with Gasteiger partial charge in [0, 0.05) is 11.3 Å². The number of anilines is 2. The van der Waals surface area contributed by atoms with E-state index in [1.54, 1.807) is 36.4 Å². The van der Waals surface area contributed by atoms with E-state index >= 15 is 0 Å². The van der Waals surface area contributed by atoms with Crippen molar-refractivity contribution in [1.82, 2.24) is 0 Å². The monoisotopic (exact) mass is 536 g/mol. The Labute approximate surface area is 231 Å². The number of ether oxygens (including phenoxy) is 1. The lowest BCUT2D eigenvalue weighted by Gasteiger charge is -2.28. The summed E-state index contributed by atoms with van der Waals surface area (Å²) in [5.74, 6) is -1.65. The molecule has 40 heavy (non-hydrogen) atoms. The summed E-state index contributed by atoms with van der Waals surface area (Å²) in [6.07, 6.45) is 1.82. The maximum atomic E-state index is 13.5. The van der Waals surface area contributed by atoms with Crippen LogP contribution in [0.2, 0.25) is 0 Å². The van der Waals surface area contributed by atoms with Gasteiger partial charge in [0.2, 0.25) is 11.8 Å². The Hall–Kier alpha value is -4.59. The van der Waals surface area contributed by atoms with Gasteiger partial charge in [0.25, 0.3) is 5.91 Å². The minimum absolute atomic E-state index is 0.129. The third-order valence-electron chi connectivity index (χ3n) is 8.49. The molecule has 0 spiro atoms. The number of nitrogens with one attached hydrogen (secondary N) is 1. The summed E-state index contributed by atoms with van der Waals surface area (Å²) in [7, 11) is 0. The van der Waals surface area contributed by atoms with Gasteiger partial charge in [0.1, 0.15) is 0 Å². The summed E-state index contributed by atoms with van der Waals surface area (Å²) in [5.41, 5.74) is 2.73. The molecule has 2 aliphatic carbocycles. The molecule has 3 aromatic carbocycles. The molecule has 5 atom stereocenters. The maximum Gasteiger partial charge on any atom is 0.338 e. The second-order valence-electron chi connectivity index (χ2n) is 10.8. The van der Waals surface area contributed by atoms with Crippen LogP contribution in [0.3, 0.4) is 0 Å². The smallest absolute Gasteiger partial charge is 0.338 e. The van der Waals surface area contributed by atoms with Crippen molar-refractivity contribution in [2.24, 2.45) is 23.7 Å². The minimum atomic E-state index is -0.709. The molecule has 0 radical (unpaired) electrons. The number of carbonyl (C=O) groups excluding carboxylic acids is 5. The molecule has 2 saturated carbocycles. The predicted molar refractivity (Wildman–Crippen MR) is 147 cm³/mol. The molecule has 6 rings (SSSR count). The summed E-state index contributed by atoms with van der Waals surface area (Å²) in [6, 6.07) is 22.8. The van der Waals surface area contributed by atoms with Crippen LogP contribution in [0.5, 0.6) is 0 Å². The molecule has 1 aliphatic heterocycles. The number of esters is 1. The van der Waals surface area contributed by atoms with Gasteiger partial charge in [-0.2, -0.15) is 0 Å². The van der Waals surface area contributed by atoms with Gasteiger partial charge >= 0.3 is 5.97 Å². The van der Waals surface area contributed by atoms with E-state index in [0.717, 1.165) is 12.8 Å². The highest BCUT2D eigenvalue weighted by molar-refractivity contribution is 6.22. The Morgan fingerprint density at radius 1 is 0.850 bits per heavy atom. The fourth-order valence-electron chi connectivity index (χ4n) is 6.77. The molecule has 8 nitrogen and oxygen atoms in total. The van der Waals surface area contributed by atoms with Gasteiger partial charge in [0.15, 0.2) is 12.4 Å². The van der Waals surface area contributed by atoms with Gasteiger partial charge in [-0.05, 0) is 79.5 Å². The number of hydrogen-bond acceptors (Lipinski definition) is 6. The Bertz CT molecular complexity index is 1520. The van der Waals surface area contributed by atoms with Gasteiger partial charge in [-0.15, -0.1) is 0 Å². The fraction of sp³-hybridized carbons (Fsp3) is 0.281. The lowest BCUT2D eigenvalue weighted by Crippen LogP contribution is -2.33. The average molecular weight is 537 g/mol. The topological polar surface area (TPSA) is 110 Å². The zero-order chi connectivity index (χ0) is 28.0. The third-order valence-corrected chi connectivity index (χ3v) is 8.49. The van der Waals surface area contributed by atoms with E-state index in [1.807, 2.05) is 18.2 Å². The van der Waals surface area contributed by atoms with Crippen molar-refractivity contribution in [2.45, 2.75) is 25.7 Å². The quantitative estimate of drug-likeness (QED) is 0.268. The van der Waals surface area contributed by atoms with Crippen molar-refractivity contribution >= 4 is 40.8 Å². The minimum Gasteiger partial charge on any atom is -0.452 e. The predicted octanol–water partition coefficient (Wildman–Crippen LogP) is 4.61. The number of hydrogen-bond donors (Lipinski definition) is 1. The highest BCUT2D eigenvalue weighted by atomic mass is 16.5. The summed E-state index contributed by atoms with van der Waals surface area (Å²) in [5, 5.41) is 2.59. The van der Waals surface area contributed by atoms with Crippen LogP contribution in [0, 0.1) is 23.7 Å². The molecule has 202 valence electrons. The molecular formula is C32H28N2O6. The Morgan fingerprint density at radius 2 is 1.57 bits per heavy atom. The van der Waals surface area contributed by atoms with Crippen molar-refractivity contribution in [1.29, 1.82) is 0 Å². The summed E-state index contributed by atoms with van der Waals surface area (Å²) < 4.78 is 5.13. The highest BCUT2D eigenvalue weighted by Gasteiger charge is 2.64. The van der Waals surface area contributed by atoms with Crippen LogP contribution < -0.4 is 10.2 Å². The van der Waals surface area contributed by atoms with E-state index in [1.165, 1.54) is 29.5 Å². The lowest BCUT2D eigenvalue weighted by molar-refractivity contribution is -0.123. The van der Waals surface area contributed by atoms with Crippen molar-refractivity contribution in [3.8, 4) is 0 Å². The number of imide groups is 1. The van der Waals surface area contributed by atoms with Gasteiger partial charge in [-0.3, -0.25) is 24.1 Å². The number of carbonyl (C=O) groups is 5. The zero-order valence-corrected chi connectivity index (χ0v) is 21.9. The van der Waals surface area contributed by atoms with E-state index in [9.17, 15) is 24.0 Å². The molecule has 3 aromatic rings. The van der Waals surface area contributed by atoms with Crippen molar-refractivity contribution in [3.05, 3.63) is 95.6 Å². The third kappa shape index (κ3) is 4.49. The van der Waals surface area contributed by atoms with E-state index in [4.69, 9.17) is 4.74 Å². The zero-order valence-electron chi connectivity index (χ0n) is 21.9. The van der Waals surface area contributed by atoms with Gasteiger partial charge in [-0.25, -0.2) is 4.79 Å². The number of rotatable bonds is 7. The second kappa shape index (κ2) is 10.2. The molecule has 2 bridgehead atoms. The summed E-state index contributed by atoms with van der Waals surface area (Å²) in [6.45, 7) is 0.920. The summed E-state index contributed by atoms with van der Waals surface area (Å²) >= 11 is 0. The normalized spacial score (nSPS) is 24.6. The Kier molecular flexibility index (Phi) is 6.54. The number of benzene rings is 3. The average Bonchev–Trinajstić information content (AvgIpc) is 3.63. The van der Waals surface area contributed by atoms with Crippen LogP contribution in [0.25, 0.3) is 0 Å². The Balaban J connectivity index is 1.09. The first-order valence-electron chi connectivity index (χ1n) is 13.4. The molecule has 3 aliphatic rings. The molecule has 1 N–H and O–H groups in total. The van der Waals surface area contributed by atoms with Crippen LogP contribution >= 0.6 is 0 Å². The lowest BCUT2D eigenvalue weighted by atomic mass is 9.73. The van der Waals surface area contributed by atoms with Crippen molar-refractivity contribution < 1.29 is 28.7 Å². The molecule has 0 unspecified atom stereocenters. The van der Waals surface area contributed by atoms with Gasteiger partial charge in [-0.1, -0.05) is 42.5 Å². The maximum absolute atomic E-state index is 13.5. The first-order valence-corrected chi connectivity index (χ1v) is 13.4. The van der Waals surface area contributed by atoms with E-state index < -0.39 is 18.5 Å². The van der Waals surface area contributed by atoms with Crippen LogP contribution in [0.1, 0.15) is 52.0 Å². The van der Waals surface area contributed by atoms with E-state index in [2.05, 4.69) is 17.4 Å². The number of Topliss-reactive ketones (excluding diaryl/α,β-unsaturated/α-hetero) is 1. The largest absolute Gasteiger partial charge is 0.452 e. The molecule has 1 heterocycles. The van der Waals surface area contributed by atoms with Crippen molar-refractivity contribution in [3.63, 3.8) is 0 Å². The van der Waals surface area contributed by atoms with Crippen LogP contribution in [0.15, 0.2) is 78.9 Å². The molecule has 3 fully saturated rings. The van der Waals surface area contributed by atoms with Gasteiger partial charge in [0.05, 0.1) is 23.1 Å². The van der Waals surface area contributed by atoms with Crippen LogP contribution in [0.4, 0.5) is 11.4 Å². The second-order valence-corrected chi connectivity index (χ2v) is 10.8. The fourth-order valence-corrected chi connectivity index (χ4v) is 6.77. The first-order chi connectivity index (χ1) is 19.3. The number of nitrogens with zero attached hydrogens (tertiary/aromatic N) is 1. The molecule has 8 heteroatoms. The SMILES string of the molecule is CC(=O)c1cccc(NC(=O)COC(=O)c2ccc(N3C(=O)[C@@H]4[C@@H]5C[C@@H]([C@H]4C3=O)[C@H](c3ccccc3)C5)cc2)c1. The molecule has 1 saturated heterocycles. The van der Waals surface area contributed by atoms with E-state index in [0.29, 0.717) is 16.9 Å². The van der Waals surface area contributed by atoms with Crippen LogP contribution in [-0.2, 0) is 19.1 Å². The van der Waals surface area contributed by atoms with E-state index in [-0.39, 0.29) is 52.8 Å². The standard InChI is InChI=1S/C32H28N2O6/c1-18(35)21-8-5-9-23(14-21)33-27(36)17-40-32(39)20-10-12-24(13-11-20)34-30(37)28-22-15-25(19-6-3-2-4-7-19)26(16-22)29(28)31(34)38/h2-14,22,25-26,28-29H,15-17H2,1H3,(H,33,36)/t22-,25-,26+,28+,29+/m0/s1. The van der Waals surface area contributed by atoms with Crippen molar-refractivity contribution in [2.75, 3.05) is 16.8 Å². The molecule has 0 aromatic heterocycles.